The Kier molecular flexibility index (Phi) is 7.13. The van der Waals surface area contributed by atoms with Crippen molar-refractivity contribution in [3.05, 3.63) is 133 Å². The summed E-state index contributed by atoms with van der Waals surface area (Å²) >= 11 is 0. The molecule has 1 atom stereocenters. The van der Waals surface area contributed by atoms with Crippen LogP contribution in [0.2, 0.25) is 0 Å². The number of hydrogen-bond acceptors (Lipinski definition) is 1. The fourth-order valence-corrected chi connectivity index (χ4v) is 4.69. The van der Waals surface area contributed by atoms with Gasteiger partial charge in [0.15, 0.2) is 0 Å². The van der Waals surface area contributed by atoms with Gasteiger partial charge in [-0.3, -0.25) is 4.90 Å². The number of carbonyl (C=O) groups is 1. The SMILES string of the molecule is C[C@H](CCc1cn(Cc2ccccc2)c2ccccc12)NC(=O)N(c1ccccc1)c1ccccc1. The Balaban J connectivity index is 1.30. The highest BCUT2D eigenvalue weighted by molar-refractivity contribution is 5.99. The number of nitrogens with zero attached hydrogens (tertiary/aromatic N) is 2. The molecule has 0 spiro atoms. The van der Waals surface area contributed by atoms with Crippen LogP contribution in [0.15, 0.2) is 121 Å². The molecule has 4 nitrogen and oxygen atoms in total. The highest BCUT2D eigenvalue weighted by atomic mass is 16.2. The molecule has 1 heterocycles. The third kappa shape index (κ3) is 5.33. The van der Waals surface area contributed by atoms with Gasteiger partial charge in [-0.1, -0.05) is 84.9 Å². The predicted octanol–water partition coefficient (Wildman–Crippen LogP) is 7.56. The second-order valence-corrected chi connectivity index (χ2v) is 9.18. The van der Waals surface area contributed by atoms with E-state index in [0.717, 1.165) is 30.8 Å². The molecule has 0 aliphatic carbocycles. The number of fused-ring (bicyclic) bond motifs is 1. The van der Waals surface area contributed by atoms with Gasteiger partial charge in [0.05, 0.1) is 11.4 Å². The third-order valence-corrected chi connectivity index (χ3v) is 6.52. The summed E-state index contributed by atoms with van der Waals surface area (Å²) < 4.78 is 2.33. The first-order valence-electron chi connectivity index (χ1n) is 12.5. The number of rotatable bonds is 8. The Hall–Kier alpha value is -4.31. The van der Waals surface area contributed by atoms with Gasteiger partial charge in [-0.2, -0.15) is 0 Å². The molecule has 0 bridgehead atoms. The van der Waals surface area contributed by atoms with Crippen LogP contribution < -0.4 is 10.2 Å². The summed E-state index contributed by atoms with van der Waals surface area (Å²) in [6, 6.07) is 38.6. The summed E-state index contributed by atoms with van der Waals surface area (Å²) in [5.41, 5.74) is 5.53. The van der Waals surface area contributed by atoms with Crippen LogP contribution in [-0.4, -0.2) is 16.6 Å². The quantitative estimate of drug-likeness (QED) is 0.248. The van der Waals surface area contributed by atoms with Gasteiger partial charge >= 0.3 is 6.03 Å². The highest BCUT2D eigenvalue weighted by Crippen LogP contribution is 2.26. The molecule has 4 aromatic carbocycles. The van der Waals surface area contributed by atoms with Crippen molar-refractivity contribution in [2.24, 2.45) is 0 Å². The van der Waals surface area contributed by atoms with E-state index < -0.39 is 0 Å². The van der Waals surface area contributed by atoms with Crippen LogP contribution in [0.25, 0.3) is 10.9 Å². The molecule has 0 fully saturated rings. The molecular formula is C32H31N3O. The van der Waals surface area contributed by atoms with Crippen molar-refractivity contribution >= 4 is 28.3 Å². The lowest BCUT2D eigenvalue weighted by Gasteiger charge is -2.25. The third-order valence-electron chi connectivity index (χ3n) is 6.52. The van der Waals surface area contributed by atoms with E-state index >= 15 is 0 Å². The number of amides is 2. The van der Waals surface area contributed by atoms with Crippen LogP contribution >= 0.6 is 0 Å². The van der Waals surface area contributed by atoms with Crippen LogP contribution in [0.3, 0.4) is 0 Å². The van der Waals surface area contributed by atoms with Gasteiger partial charge < -0.3 is 9.88 Å². The highest BCUT2D eigenvalue weighted by Gasteiger charge is 2.20. The van der Waals surface area contributed by atoms with E-state index in [9.17, 15) is 4.79 Å². The molecular weight excluding hydrogens is 442 g/mol. The Morgan fingerprint density at radius 1 is 0.778 bits per heavy atom. The molecule has 180 valence electrons. The first-order valence-corrected chi connectivity index (χ1v) is 12.5. The summed E-state index contributed by atoms with van der Waals surface area (Å²) in [7, 11) is 0. The Bertz CT molecular complexity index is 1370. The fourth-order valence-electron chi connectivity index (χ4n) is 4.69. The van der Waals surface area contributed by atoms with Crippen molar-refractivity contribution in [2.45, 2.75) is 32.4 Å². The number of aryl methyl sites for hydroxylation is 1. The minimum absolute atomic E-state index is 0.0173. The van der Waals surface area contributed by atoms with Crippen molar-refractivity contribution in [3.63, 3.8) is 0 Å². The van der Waals surface area contributed by atoms with Gasteiger partial charge in [0, 0.05) is 29.7 Å². The van der Waals surface area contributed by atoms with Gasteiger partial charge in [0.25, 0.3) is 0 Å². The lowest BCUT2D eigenvalue weighted by Crippen LogP contribution is -2.41. The van der Waals surface area contributed by atoms with Gasteiger partial charge in [-0.25, -0.2) is 4.79 Å². The van der Waals surface area contributed by atoms with Gasteiger partial charge in [0.2, 0.25) is 0 Å². The van der Waals surface area contributed by atoms with Crippen molar-refractivity contribution in [1.82, 2.24) is 9.88 Å². The van der Waals surface area contributed by atoms with Gasteiger partial charge in [-0.05, 0) is 61.2 Å². The molecule has 0 saturated carbocycles. The Morgan fingerprint density at radius 2 is 1.33 bits per heavy atom. The van der Waals surface area contributed by atoms with E-state index in [1.54, 1.807) is 4.90 Å². The lowest BCUT2D eigenvalue weighted by atomic mass is 10.1. The van der Waals surface area contributed by atoms with E-state index in [1.807, 2.05) is 60.7 Å². The summed E-state index contributed by atoms with van der Waals surface area (Å²) in [6.07, 6.45) is 4.01. The van der Waals surface area contributed by atoms with Gasteiger partial charge in [0.1, 0.15) is 0 Å². The molecule has 0 radical (unpaired) electrons. The Labute approximate surface area is 212 Å². The van der Waals surface area contributed by atoms with Crippen molar-refractivity contribution in [2.75, 3.05) is 4.90 Å². The topological polar surface area (TPSA) is 37.3 Å². The molecule has 1 aromatic heterocycles. The maximum Gasteiger partial charge on any atom is 0.326 e. The van der Waals surface area contributed by atoms with Crippen LogP contribution in [0.1, 0.15) is 24.5 Å². The van der Waals surface area contributed by atoms with E-state index in [-0.39, 0.29) is 12.1 Å². The first kappa shape index (κ1) is 23.4. The average Bonchev–Trinajstić information content (AvgIpc) is 3.27. The molecule has 5 rings (SSSR count). The largest absolute Gasteiger partial charge is 0.343 e. The number of nitrogens with one attached hydrogen (secondary N) is 1. The number of hydrogen-bond donors (Lipinski definition) is 1. The summed E-state index contributed by atoms with van der Waals surface area (Å²) in [6.45, 7) is 2.92. The summed E-state index contributed by atoms with van der Waals surface area (Å²) in [5.74, 6) is 0. The number of benzene rings is 4. The normalized spacial score (nSPS) is 11.8. The zero-order valence-corrected chi connectivity index (χ0v) is 20.5. The molecule has 2 amide bonds. The maximum absolute atomic E-state index is 13.4. The predicted molar refractivity (Wildman–Crippen MR) is 149 cm³/mol. The van der Waals surface area contributed by atoms with E-state index in [4.69, 9.17) is 0 Å². The van der Waals surface area contributed by atoms with Crippen LogP contribution in [0, 0.1) is 0 Å². The monoisotopic (exact) mass is 473 g/mol. The molecule has 0 aliphatic rings. The van der Waals surface area contributed by atoms with Crippen LogP contribution in [0.4, 0.5) is 16.2 Å². The zero-order chi connectivity index (χ0) is 24.7. The number of anilines is 2. The lowest BCUT2D eigenvalue weighted by molar-refractivity contribution is 0.245. The minimum atomic E-state index is -0.119. The number of aromatic nitrogens is 1. The minimum Gasteiger partial charge on any atom is -0.343 e. The smallest absolute Gasteiger partial charge is 0.326 e. The zero-order valence-electron chi connectivity index (χ0n) is 20.5. The summed E-state index contributed by atoms with van der Waals surface area (Å²) in [5, 5.41) is 4.50. The van der Waals surface area contributed by atoms with E-state index in [2.05, 4.69) is 77.6 Å². The van der Waals surface area contributed by atoms with E-state index in [1.165, 1.54) is 22.0 Å². The van der Waals surface area contributed by atoms with Crippen molar-refractivity contribution in [3.8, 4) is 0 Å². The van der Waals surface area contributed by atoms with Crippen LogP contribution in [0.5, 0.6) is 0 Å². The number of urea groups is 1. The standard InChI is InChI=1S/C32H31N3O/c1-25(33-32(36)35(28-15-7-3-8-16-28)29-17-9-4-10-18-29)21-22-27-24-34(23-26-13-5-2-6-14-26)31-20-12-11-19-30(27)31/h2-20,24-25H,21-23H2,1H3,(H,33,36)/t25-/m1/s1. The van der Waals surface area contributed by atoms with Crippen molar-refractivity contribution < 1.29 is 4.79 Å². The van der Waals surface area contributed by atoms with Crippen molar-refractivity contribution in [1.29, 1.82) is 0 Å². The molecule has 0 unspecified atom stereocenters. The first-order chi connectivity index (χ1) is 17.7. The van der Waals surface area contributed by atoms with E-state index in [0.29, 0.717) is 0 Å². The second kappa shape index (κ2) is 11.0. The fraction of sp³-hybridized carbons (Fsp3) is 0.156. The summed E-state index contributed by atoms with van der Waals surface area (Å²) in [4.78, 5) is 15.1. The van der Waals surface area contributed by atoms with Crippen LogP contribution in [-0.2, 0) is 13.0 Å². The molecule has 1 N–H and O–H groups in total. The van der Waals surface area contributed by atoms with Gasteiger partial charge in [-0.15, -0.1) is 0 Å². The Morgan fingerprint density at radius 3 is 1.97 bits per heavy atom. The molecule has 0 saturated heterocycles. The second-order valence-electron chi connectivity index (χ2n) is 9.18. The number of carbonyl (C=O) groups excluding carboxylic acids is 1. The molecule has 0 aliphatic heterocycles. The molecule has 4 heteroatoms. The molecule has 36 heavy (non-hydrogen) atoms. The molecule has 5 aromatic rings. The maximum atomic E-state index is 13.4. The average molecular weight is 474 g/mol. The number of para-hydroxylation sites is 3.